The van der Waals surface area contributed by atoms with Crippen LogP contribution in [-0.4, -0.2) is 15.9 Å². The van der Waals surface area contributed by atoms with Crippen molar-refractivity contribution in [3.8, 4) is 6.07 Å². The van der Waals surface area contributed by atoms with Crippen LogP contribution in [-0.2, 0) is 6.54 Å². The molecule has 2 aliphatic carbocycles. The summed E-state index contributed by atoms with van der Waals surface area (Å²) in [6, 6.07) is 12.7. The van der Waals surface area contributed by atoms with Crippen molar-refractivity contribution < 1.29 is 0 Å². The monoisotopic (exact) mass is 495 g/mol. The third kappa shape index (κ3) is 3.00. The molecule has 0 radical (unpaired) electrons. The van der Waals surface area contributed by atoms with E-state index in [1.54, 1.807) is 0 Å². The first-order valence-electron chi connectivity index (χ1n) is 10.9. The fraction of sp³-hybridized carbons (Fsp3) is 0.462. The van der Waals surface area contributed by atoms with Gasteiger partial charge in [-0.25, -0.2) is 4.98 Å². The fourth-order valence-corrected chi connectivity index (χ4v) is 7.98. The zero-order chi connectivity index (χ0) is 22.3. The van der Waals surface area contributed by atoms with E-state index in [4.69, 9.17) is 21.8 Å². The van der Waals surface area contributed by atoms with Crippen LogP contribution in [0.5, 0.6) is 0 Å². The van der Waals surface area contributed by atoms with Crippen molar-refractivity contribution in [1.29, 1.82) is 5.26 Å². The number of hydrogen-bond acceptors (Lipinski definition) is 3. The third-order valence-corrected chi connectivity index (χ3v) is 8.81. The first-order valence-corrected chi connectivity index (χ1v) is 12.1. The SMILES string of the molecule is C=C1c2ccc(Br)nc2CN1[C@H]1C(C)(C)[C@H](C2CC2c2ccc(C#N)c(Cl)c2)C1(C)C. The van der Waals surface area contributed by atoms with Crippen LogP contribution in [0.3, 0.4) is 0 Å². The van der Waals surface area contributed by atoms with Gasteiger partial charge in [0.2, 0.25) is 0 Å². The molecule has 2 fully saturated rings. The van der Waals surface area contributed by atoms with Crippen molar-refractivity contribution in [3.05, 3.63) is 68.9 Å². The smallest absolute Gasteiger partial charge is 0.106 e. The minimum atomic E-state index is 0.168. The molecule has 0 amide bonds. The number of pyridine rings is 1. The lowest BCUT2D eigenvalue weighted by Gasteiger charge is -2.68. The Labute approximate surface area is 198 Å². The molecule has 3 aliphatic rings. The molecule has 0 saturated heterocycles. The van der Waals surface area contributed by atoms with E-state index in [1.165, 1.54) is 17.5 Å². The largest absolute Gasteiger partial charge is 0.361 e. The van der Waals surface area contributed by atoms with Crippen molar-refractivity contribution >= 4 is 33.2 Å². The van der Waals surface area contributed by atoms with Gasteiger partial charge in [0.1, 0.15) is 10.7 Å². The first kappa shape index (κ1) is 21.0. The molecule has 2 atom stereocenters. The van der Waals surface area contributed by atoms with E-state index in [0.29, 0.717) is 34.4 Å². The minimum absolute atomic E-state index is 0.168. The average Bonchev–Trinajstić information content (AvgIpc) is 3.38. The number of benzene rings is 1. The van der Waals surface area contributed by atoms with E-state index in [-0.39, 0.29) is 10.8 Å². The van der Waals surface area contributed by atoms with Gasteiger partial charge in [0.25, 0.3) is 0 Å². The fourth-order valence-electron chi connectivity index (χ4n) is 7.40. The molecular formula is C26H27BrClN3. The topological polar surface area (TPSA) is 39.9 Å². The predicted octanol–water partition coefficient (Wildman–Crippen LogP) is 7.01. The molecule has 0 spiro atoms. The molecule has 2 saturated carbocycles. The molecular weight excluding hydrogens is 470 g/mol. The molecule has 0 bridgehead atoms. The maximum Gasteiger partial charge on any atom is 0.106 e. The van der Waals surface area contributed by atoms with Crippen LogP contribution in [0.1, 0.15) is 62.4 Å². The number of nitrogens with zero attached hydrogens (tertiary/aromatic N) is 3. The van der Waals surface area contributed by atoms with Crippen molar-refractivity contribution in [1.82, 2.24) is 9.88 Å². The lowest BCUT2D eigenvalue weighted by Crippen LogP contribution is -2.69. The van der Waals surface area contributed by atoms with Gasteiger partial charge in [0, 0.05) is 17.3 Å². The second kappa shape index (κ2) is 6.83. The molecule has 2 unspecified atom stereocenters. The molecule has 160 valence electrons. The number of halogens is 2. The average molecular weight is 497 g/mol. The van der Waals surface area contributed by atoms with E-state index >= 15 is 0 Å². The molecule has 31 heavy (non-hydrogen) atoms. The predicted molar refractivity (Wildman–Crippen MR) is 128 cm³/mol. The summed E-state index contributed by atoms with van der Waals surface area (Å²) in [6.45, 7) is 15.0. The maximum atomic E-state index is 9.17. The summed E-state index contributed by atoms with van der Waals surface area (Å²) < 4.78 is 0.882. The van der Waals surface area contributed by atoms with Gasteiger partial charge >= 0.3 is 0 Å². The van der Waals surface area contributed by atoms with Crippen LogP contribution >= 0.6 is 27.5 Å². The summed E-state index contributed by atoms with van der Waals surface area (Å²) in [5.74, 6) is 1.79. The molecule has 0 N–H and O–H groups in total. The standard InChI is InChI=1S/C26H27BrClN3/c1-14-17-8-9-22(27)30-21(17)13-31(14)24-25(2,3)23(26(24,4)5)19-11-18(19)15-6-7-16(12-29)20(28)10-15/h6-10,18-19,23-24H,1,11,13H2,2-5H3/t18?,19?,23-,24-. The summed E-state index contributed by atoms with van der Waals surface area (Å²) in [5, 5.41) is 9.74. The number of rotatable bonds is 3. The van der Waals surface area contributed by atoms with Gasteiger partial charge < -0.3 is 4.90 Å². The second-order valence-corrected chi connectivity index (χ2v) is 11.8. The molecule has 5 rings (SSSR count). The first-order chi connectivity index (χ1) is 14.6. The van der Waals surface area contributed by atoms with Crippen LogP contribution < -0.4 is 0 Å². The molecule has 1 aromatic heterocycles. The normalized spacial score (nSPS) is 29.8. The van der Waals surface area contributed by atoms with Crippen molar-refractivity contribution in [2.24, 2.45) is 22.7 Å². The van der Waals surface area contributed by atoms with Gasteiger partial charge in [0.15, 0.2) is 0 Å². The molecule has 2 aromatic rings. The van der Waals surface area contributed by atoms with Crippen molar-refractivity contribution in [2.45, 2.75) is 52.6 Å². The highest BCUT2D eigenvalue weighted by Gasteiger charge is 2.69. The zero-order valence-corrected chi connectivity index (χ0v) is 20.8. The Morgan fingerprint density at radius 1 is 1.19 bits per heavy atom. The number of nitriles is 1. The summed E-state index contributed by atoms with van der Waals surface area (Å²) >= 11 is 9.83. The Balaban J connectivity index is 1.39. The zero-order valence-electron chi connectivity index (χ0n) is 18.4. The highest BCUT2D eigenvalue weighted by molar-refractivity contribution is 9.10. The summed E-state index contributed by atoms with van der Waals surface area (Å²) in [7, 11) is 0. The van der Waals surface area contributed by atoms with Gasteiger partial charge in [-0.05, 0) is 80.8 Å². The third-order valence-electron chi connectivity index (χ3n) is 8.05. The van der Waals surface area contributed by atoms with Gasteiger partial charge in [0.05, 0.1) is 22.8 Å². The summed E-state index contributed by atoms with van der Waals surface area (Å²) in [5.41, 5.74) is 5.56. The van der Waals surface area contributed by atoms with E-state index < -0.39 is 0 Å². The van der Waals surface area contributed by atoms with Crippen molar-refractivity contribution in [2.75, 3.05) is 0 Å². The Morgan fingerprint density at radius 3 is 2.55 bits per heavy atom. The van der Waals surface area contributed by atoms with Crippen LogP contribution in [0.2, 0.25) is 5.02 Å². The summed E-state index contributed by atoms with van der Waals surface area (Å²) in [4.78, 5) is 7.21. The lowest BCUT2D eigenvalue weighted by atomic mass is 9.42. The second-order valence-electron chi connectivity index (χ2n) is 10.6. The number of hydrogen-bond donors (Lipinski definition) is 0. The Hall–Kier alpha value is -1.83. The Bertz CT molecular complexity index is 1130. The van der Waals surface area contributed by atoms with E-state index in [2.05, 4.69) is 73.3 Å². The van der Waals surface area contributed by atoms with Crippen LogP contribution in [0.4, 0.5) is 0 Å². The van der Waals surface area contributed by atoms with Gasteiger partial charge in [-0.15, -0.1) is 0 Å². The van der Waals surface area contributed by atoms with Crippen LogP contribution in [0, 0.1) is 34.0 Å². The molecule has 5 heteroatoms. The number of aromatic nitrogens is 1. The Kier molecular flexibility index (Phi) is 4.64. The lowest BCUT2D eigenvalue weighted by molar-refractivity contribution is -0.175. The van der Waals surface area contributed by atoms with Crippen molar-refractivity contribution in [3.63, 3.8) is 0 Å². The highest BCUT2D eigenvalue weighted by Crippen LogP contribution is 2.72. The quantitative estimate of drug-likeness (QED) is 0.429. The molecule has 1 aromatic carbocycles. The molecule has 2 heterocycles. The Morgan fingerprint density at radius 2 is 1.90 bits per heavy atom. The number of fused-ring (bicyclic) bond motifs is 1. The van der Waals surface area contributed by atoms with Gasteiger partial charge in [-0.3, -0.25) is 0 Å². The highest BCUT2D eigenvalue weighted by atomic mass is 79.9. The van der Waals surface area contributed by atoms with Gasteiger partial charge in [-0.1, -0.05) is 51.9 Å². The summed E-state index contributed by atoms with van der Waals surface area (Å²) in [6.07, 6.45) is 1.20. The van der Waals surface area contributed by atoms with Crippen LogP contribution in [0.25, 0.3) is 5.70 Å². The van der Waals surface area contributed by atoms with Crippen LogP contribution in [0.15, 0.2) is 41.5 Å². The van der Waals surface area contributed by atoms with E-state index in [0.717, 1.165) is 22.5 Å². The molecule has 3 nitrogen and oxygen atoms in total. The minimum Gasteiger partial charge on any atom is -0.361 e. The van der Waals surface area contributed by atoms with E-state index in [9.17, 15) is 0 Å². The molecule has 1 aliphatic heterocycles. The van der Waals surface area contributed by atoms with Gasteiger partial charge in [-0.2, -0.15) is 5.26 Å². The maximum absolute atomic E-state index is 9.17. The van der Waals surface area contributed by atoms with E-state index in [1.807, 2.05) is 18.2 Å².